The molecular formula is C14H21NO2S. The summed E-state index contributed by atoms with van der Waals surface area (Å²) in [6.45, 7) is 5.83. The van der Waals surface area contributed by atoms with Crippen LogP contribution in [-0.2, 0) is 0 Å². The highest BCUT2D eigenvalue weighted by atomic mass is 32.2. The van der Waals surface area contributed by atoms with E-state index in [4.69, 9.17) is 9.47 Å². The van der Waals surface area contributed by atoms with E-state index in [1.165, 1.54) is 11.3 Å². The van der Waals surface area contributed by atoms with E-state index >= 15 is 0 Å². The van der Waals surface area contributed by atoms with Gasteiger partial charge in [-0.25, -0.2) is 0 Å². The number of nitrogens with one attached hydrogen (secondary N) is 1. The first-order chi connectivity index (χ1) is 8.70. The second kappa shape index (κ2) is 6.34. The van der Waals surface area contributed by atoms with E-state index in [0.717, 1.165) is 18.0 Å². The first-order valence-electron chi connectivity index (χ1n) is 6.32. The molecule has 1 aliphatic heterocycles. The van der Waals surface area contributed by atoms with Crippen LogP contribution in [0.25, 0.3) is 0 Å². The zero-order chi connectivity index (χ0) is 13.0. The van der Waals surface area contributed by atoms with Gasteiger partial charge in [0.05, 0.1) is 0 Å². The summed E-state index contributed by atoms with van der Waals surface area (Å²) in [6, 6.07) is 6.49. The minimum absolute atomic E-state index is 0.337. The summed E-state index contributed by atoms with van der Waals surface area (Å²) in [4.78, 5) is 0. The van der Waals surface area contributed by atoms with Crippen molar-refractivity contribution < 1.29 is 9.47 Å². The first kappa shape index (κ1) is 13.6. The van der Waals surface area contributed by atoms with Crippen LogP contribution in [0.2, 0.25) is 0 Å². The Morgan fingerprint density at radius 1 is 1.28 bits per heavy atom. The van der Waals surface area contributed by atoms with Crippen molar-refractivity contribution in [3.05, 3.63) is 23.8 Å². The van der Waals surface area contributed by atoms with Crippen LogP contribution in [-0.4, -0.2) is 25.3 Å². The molecule has 0 saturated heterocycles. The number of hydrogen-bond donors (Lipinski definition) is 1. The van der Waals surface area contributed by atoms with Crippen molar-refractivity contribution in [2.45, 2.75) is 19.9 Å². The van der Waals surface area contributed by atoms with E-state index in [1.807, 2.05) is 17.8 Å². The Bertz CT molecular complexity index is 397. The Morgan fingerprint density at radius 2 is 2.06 bits per heavy atom. The van der Waals surface area contributed by atoms with E-state index in [1.54, 1.807) is 0 Å². The summed E-state index contributed by atoms with van der Waals surface area (Å²) in [7, 11) is 0. The lowest BCUT2D eigenvalue weighted by Gasteiger charge is -2.17. The topological polar surface area (TPSA) is 30.5 Å². The maximum atomic E-state index is 5.40. The summed E-state index contributed by atoms with van der Waals surface area (Å²) < 4.78 is 10.7. The number of hydrogen-bond acceptors (Lipinski definition) is 4. The second-order valence-corrected chi connectivity index (χ2v) is 5.71. The number of fused-ring (bicyclic) bond motifs is 1. The average Bonchev–Trinajstić information content (AvgIpc) is 2.83. The Hall–Kier alpha value is -0.870. The van der Waals surface area contributed by atoms with E-state index in [0.29, 0.717) is 18.8 Å². The fourth-order valence-corrected chi connectivity index (χ4v) is 2.71. The lowest BCUT2D eigenvalue weighted by molar-refractivity contribution is 0.174. The third kappa shape index (κ3) is 3.33. The van der Waals surface area contributed by atoms with Crippen LogP contribution >= 0.6 is 11.8 Å². The molecule has 1 N–H and O–H groups in total. The molecule has 0 amide bonds. The molecule has 0 radical (unpaired) electrons. The first-order valence-corrected chi connectivity index (χ1v) is 7.72. The Morgan fingerprint density at radius 3 is 2.83 bits per heavy atom. The molecule has 100 valence electrons. The molecule has 2 atom stereocenters. The van der Waals surface area contributed by atoms with Crippen LogP contribution in [0.15, 0.2) is 18.2 Å². The fraction of sp³-hybridized carbons (Fsp3) is 0.571. The second-order valence-electron chi connectivity index (χ2n) is 4.80. The van der Waals surface area contributed by atoms with E-state index in [9.17, 15) is 0 Å². The van der Waals surface area contributed by atoms with Crippen LogP contribution in [0.4, 0.5) is 0 Å². The van der Waals surface area contributed by atoms with Crippen molar-refractivity contribution in [3.63, 3.8) is 0 Å². The van der Waals surface area contributed by atoms with Crippen molar-refractivity contribution >= 4 is 11.8 Å². The van der Waals surface area contributed by atoms with Crippen molar-refractivity contribution in [1.82, 2.24) is 5.32 Å². The molecule has 0 spiro atoms. The zero-order valence-electron chi connectivity index (χ0n) is 11.2. The molecule has 2 unspecified atom stereocenters. The summed E-state index contributed by atoms with van der Waals surface area (Å²) in [6.07, 6.45) is 2.15. The van der Waals surface area contributed by atoms with Gasteiger partial charge in [0.15, 0.2) is 11.5 Å². The monoisotopic (exact) mass is 267 g/mol. The van der Waals surface area contributed by atoms with Crippen molar-refractivity contribution in [1.29, 1.82) is 0 Å². The summed E-state index contributed by atoms with van der Waals surface area (Å²) >= 11 is 1.90. The summed E-state index contributed by atoms with van der Waals surface area (Å²) in [5.74, 6) is 3.59. The van der Waals surface area contributed by atoms with Crippen molar-refractivity contribution in [2.24, 2.45) is 5.92 Å². The molecule has 0 aromatic heterocycles. The fourth-order valence-electron chi connectivity index (χ4n) is 2.02. The summed E-state index contributed by atoms with van der Waals surface area (Å²) in [5, 5.41) is 3.56. The van der Waals surface area contributed by atoms with Crippen LogP contribution < -0.4 is 14.8 Å². The van der Waals surface area contributed by atoms with Gasteiger partial charge in [-0.05, 0) is 49.1 Å². The van der Waals surface area contributed by atoms with Gasteiger partial charge in [0.2, 0.25) is 6.79 Å². The molecule has 0 fully saturated rings. The van der Waals surface area contributed by atoms with E-state index in [2.05, 4.69) is 37.6 Å². The maximum Gasteiger partial charge on any atom is 0.231 e. The molecule has 18 heavy (non-hydrogen) atoms. The van der Waals surface area contributed by atoms with Crippen LogP contribution in [0.3, 0.4) is 0 Å². The molecule has 1 aromatic rings. The largest absolute Gasteiger partial charge is 0.454 e. The molecule has 1 aliphatic rings. The molecule has 0 bridgehead atoms. The number of benzene rings is 1. The Kier molecular flexibility index (Phi) is 4.78. The Balaban J connectivity index is 1.90. The van der Waals surface area contributed by atoms with Crippen LogP contribution in [0, 0.1) is 5.92 Å². The number of ether oxygens (including phenoxy) is 2. The predicted molar refractivity (Wildman–Crippen MR) is 76.5 cm³/mol. The van der Waals surface area contributed by atoms with Gasteiger partial charge in [0.1, 0.15) is 0 Å². The van der Waals surface area contributed by atoms with Gasteiger partial charge in [-0.1, -0.05) is 13.0 Å². The predicted octanol–water partition coefficient (Wildman–Crippen LogP) is 3.07. The normalized spacial score (nSPS) is 16.6. The van der Waals surface area contributed by atoms with Crippen molar-refractivity contribution in [2.75, 3.05) is 25.3 Å². The number of rotatable bonds is 6. The molecule has 1 heterocycles. The standard InChI is InChI=1S/C14H21NO2S/c1-10(8-18-3)7-15-11(2)12-4-5-13-14(6-12)17-9-16-13/h4-6,10-11,15H,7-9H2,1-3H3. The molecule has 2 rings (SSSR count). The molecule has 0 saturated carbocycles. The third-order valence-electron chi connectivity index (χ3n) is 3.12. The highest BCUT2D eigenvalue weighted by molar-refractivity contribution is 7.98. The van der Waals surface area contributed by atoms with Gasteiger partial charge in [0.25, 0.3) is 0 Å². The Labute approximate surface area is 113 Å². The lowest BCUT2D eigenvalue weighted by atomic mass is 10.1. The van der Waals surface area contributed by atoms with Gasteiger partial charge in [-0.15, -0.1) is 0 Å². The van der Waals surface area contributed by atoms with E-state index < -0.39 is 0 Å². The highest BCUT2D eigenvalue weighted by Crippen LogP contribution is 2.34. The van der Waals surface area contributed by atoms with Crippen LogP contribution in [0.5, 0.6) is 11.5 Å². The smallest absolute Gasteiger partial charge is 0.231 e. The van der Waals surface area contributed by atoms with Gasteiger partial charge >= 0.3 is 0 Å². The van der Waals surface area contributed by atoms with Gasteiger partial charge in [-0.2, -0.15) is 11.8 Å². The third-order valence-corrected chi connectivity index (χ3v) is 4.02. The summed E-state index contributed by atoms with van der Waals surface area (Å²) in [5.41, 5.74) is 1.25. The average molecular weight is 267 g/mol. The highest BCUT2D eigenvalue weighted by Gasteiger charge is 2.15. The molecule has 1 aromatic carbocycles. The van der Waals surface area contributed by atoms with Gasteiger partial charge < -0.3 is 14.8 Å². The zero-order valence-corrected chi connectivity index (χ0v) is 12.0. The van der Waals surface area contributed by atoms with Crippen molar-refractivity contribution in [3.8, 4) is 11.5 Å². The molecule has 4 heteroatoms. The molecular weight excluding hydrogens is 246 g/mol. The SMILES string of the molecule is CSCC(C)CNC(C)c1ccc2c(c1)OCO2. The lowest BCUT2D eigenvalue weighted by Crippen LogP contribution is -2.25. The maximum absolute atomic E-state index is 5.40. The molecule has 3 nitrogen and oxygen atoms in total. The minimum atomic E-state index is 0.337. The quantitative estimate of drug-likeness (QED) is 0.858. The minimum Gasteiger partial charge on any atom is -0.454 e. The van der Waals surface area contributed by atoms with Gasteiger partial charge in [0, 0.05) is 6.04 Å². The van der Waals surface area contributed by atoms with Crippen LogP contribution in [0.1, 0.15) is 25.5 Å². The molecule has 0 aliphatic carbocycles. The van der Waals surface area contributed by atoms with Gasteiger partial charge in [-0.3, -0.25) is 0 Å². The number of thioether (sulfide) groups is 1. The van der Waals surface area contributed by atoms with E-state index in [-0.39, 0.29) is 0 Å².